The minimum Gasteiger partial charge on any atom is -0.383 e. The van der Waals surface area contributed by atoms with Gasteiger partial charge in [0.05, 0.1) is 46.0 Å². The molecule has 12 heteroatoms. The topological polar surface area (TPSA) is 89.9 Å². The first-order valence-electron chi connectivity index (χ1n) is 10.3. The lowest BCUT2D eigenvalue weighted by Gasteiger charge is -2.23. The normalized spacial score (nSPS) is 14.2. The van der Waals surface area contributed by atoms with E-state index in [9.17, 15) is 22.4 Å². The Kier molecular flexibility index (Phi) is 4.92. The van der Waals surface area contributed by atoms with Crippen molar-refractivity contribution in [2.75, 3.05) is 5.73 Å². The molecule has 1 aliphatic rings. The van der Waals surface area contributed by atoms with Gasteiger partial charge in [0, 0.05) is 30.7 Å². The van der Waals surface area contributed by atoms with Crippen LogP contribution in [-0.2, 0) is 19.8 Å². The summed E-state index contributed by atoms with van der Waals surface area (Å²) in [7, 11) is 1.67. The number of nitrogens with zero attached hydrogens (tertiary/aromatic N) is 5. The molecule has 176 valence electrons. The van der Waals surface area contributed by atoms with Crippen LogP contribution in [-0.4, -0.2) is 36.6 Å². The summed E-state index contributed by atoms with van der Waals surface area (Å²) in [5.41, 5.74) is 4.89. The molecule has 1 fully saturated rings. The highest BCUT2D eigenvalue weighted by Gasteiger charge is 2.36. The molecule has 5 rings (SSSR count). The molecule has 0 saturated heterocycles. The van der Waals surface area contributed by atoms with Crippen LogP contribution in [0.15, 0.2) is 30.6 Å². The summed E-state index contributed by atoms with van der Waals surface area (Å²) in [6, 6.07) is 2.47. The van der Waals surface area contributed by atoms with Crippen molar-refractivity contribution >= 4 is 33.5 Å². The third kappa shape index (κ3) is 3.68. The third-order valence-corrected chi connectivity index (χ3v) is 5.84. The number of aryl methyl sites for hydroxylation is 1. The van der Waals surface area contributed by atoms with Crippen LogP contribution in [0.3, 0.4) is 0 Å². The molecule has 2 N–H and O–H groups in total. The Morgan fingerprint density at radius 2 is 1.88 bits per heavy atom. The van der Waals surface area contributed by atoms with Crippen molar-refractivity contribution in [1.82, 2.24) is 24.6 Å². The molecule has 3 heterocycles. The van der Waals surface area contributed by atoms with E-state index in [-0.39, 0.29) is 28.6 Å². The van der Waals surface area contributed by atoms with Crippen LogP contribution in [0.25, 0.3) is 21.8 Å². The highest BCUT2D eigenvalue weighted by Crippen LogP contribution is 2.34. The van der Waals surface area contributed by atoms with E-state index < -0.39 is 35.8 Å². The number of halogens is 5. The van der Waals surface area contributed by atoms with Crippen LogP contribution in [0, 0.1) is 11.6 Å². The van der Waals surface area contributed by atoms with Gasteiger partial charge in [0.15, 0.2) is 0 Å². The molecular weight excluding hydrogens is 459 g/mol. The van der Waals surface area contributed by atoms with Crippen LogP contribution in [0.1, 0.15) is 34.5 Å². The molecule has 0 atom stereocenters. The summed E-state index contributed by atoms with van der Waals surface area (Å²) >= 11 is 0. The average molecular weight is 476 g/mol. The summed E-state index contributed by atoms with van der Waals surface area (Å²) < 4.78 is 69.4. The van der Waals surface area contributed by atoms with Gasteiger partial charge in [-0.2, -0.15) is 18.3 Å². The molecular formula is C22H17F5N6O. The van der Waals surface area contributed by atoms with E-state index in [1.807, 2.05) is 0 Å². The summed E-state index contributed by atoms with van der Waals surface area (Å²) in [4.78, 5) is 22.3. The second-order valence-corrected chi connectivity index (χ2v) is 8.19. The zero-order valence-electron chi connectivity index (χ0n) is 17.7. The zero-order valence-corrected chi connectivity index (χ0v) is 17.7. The zero-order chi connectivity index (χ0) is 24.4. The fraction of sp³-hybridized carbons (Fsp3) is 0.273. The number of hydrogen-bond acceptors (Lipinski definition) is 5. The van der Waals surface area contributed by atoms with Gasteiger partial charge < -0.3 is 10.6 Å². The van der Waals surface area contributed by atoms with Crippen molar-refractivity contribution in [2.45, 2.75) is 31.6 Å². The highest BCUT2D eigenvalue weighted by molar-refractivity contribution is 6.10. The molecule has 1 aromatic carbocycles. The lowest BCUT2D eigenvalue weighted by Crippen LogP contribution is -2.34. The lowest BCUT2D eigenvalue weighted by atomic mass is 10.1. The second kappa shape index (κ2) is 7.61. The monoisotopic (exact) mass is 476 g/mol. The van der Waals surface area contributed by atoms with Gasteiger partial charge in [-0.25, -0.2) is 13.8 Å². The maximum absolute atomic E-state index is 15.0. The SMILES string of the molecule is Cn1ncc2c(N)nc3cc(F)c(C(=O)N(Cc4ncc(C(F)(F)F)cc4F)C4CC4)cc3c21. The molecule has 7 nitrogen and oxygen atoms in total. The number of hydrogen-bond donors (Lipinski definition) is 1. The maximum atomic E-state index is 15.0. The number of amides is 1. The highest BCUT2D eigenvalue weighted by atomic mass is 19.4. The number of rotatable bonds is 4. The van der Waals surface area contributed by atoms with Crippen molar-refractivity contribution in [3.63, 3.8) is 0 Å². The minimum absolute atomic E-state index is 0.164. The second-order valence-electron chi connectivity index (χ2n) is 8.19. The number of carbonyl (C=O) groups excluding carboxylic acids is 1. The van der Waals surface area contributed by atoms with E-state index in [1.54, 1.807) is 7.05 Å². The van der Waals surface area contributed by atoms with Gasteiger partial charge in [-0.3, -0.25) is 14.5 Å². The number of anilines is 1. The first kappa shape index (κ1) is 22.0. The van der Waals surface area contributed by atoms with Crippen molar-refractivity contribution in [3.05, 3.63) is 59.0 Å². The van der Waals surface area contributed by atoms with Gasteiger partial charge in [0.1, 0.15) is 17.5 Å². The van der Waals surface area contributed by atoms with E-state index in [0.717, 1.165) is 6.07 Å². The van der Waals surface area contributed by atoms with Gasteiger partial charge in [0.25, 0.3) is 5.91 Å². The average Bonchev–Trinajstić information content (AvgIpc) is 3.53. The largest absolute Gasteiger partial charge is 0.417 e. The lowest BCUT2D eigenvalue weighted by molar-refractivity contribution is -0.138. The molecule has 3 aromatic heterocycles. The summed E-state index contributed by atoms with van der Waals surface area (Å²) in [6.07, 6.45) is -1.51. The van der Waals surface area contributed by atoms with Crippen LogP contribution < -0.4 is 5.73 Å². The van der Waals surface area contributed by atoms with E-state index in [4.69, 9.17) is 5.73 Å². The standard InChI is InChI=1S/C22H17F5N6O/c1-32-19-13-5-12(15(23)6-17(13)31-20(28)14(19)8-30-32)21(34)33(11-2-3-11)9-18-16(24)4-10(7-29-18)22(25,26)27/h4-8,11H,2-3,9H2,1H3,(H2,28,31). The smallest absolute Gasteiger partial charge is 0.383 e. The minimum atomic E-state index is -4.75. The van der Waals surface area contributed by atoms with E-state index in [1.165, 1.54) is 21.8 Å². The Hall–Kier alpha value is -3.83. The number of nitrogens with two attached hydrogens (primary N) is 1. The fourth-order valence-corrected chi connectivity index (χ4v) is 3.95. The number of alkyl halides is 3. The number of nitrogen functional groups attached to an aromatic ring is 1. The predicted molar refractivity (Wildman–Crippen MR) is 112 cm³/mol. The van der Waals surface area contributed by atoms with E-state index >= 15 is 4.39 Å². The summed E-state index contributed by atoms with van der Waals surface area (Å²) in [5.74, 6) is -2.60. The van der Waals surface area contributed by atoms with Crippen LogP contribution in [0.5, 0.6) is 0 Å². The number of aromatic nitrogens is 4. The quantitative estimate of drug-likeness (QED) is 0.446. The van der Waals surface area contributed by atoms with Crippen molar-refractivity contribution in [3.8, 4) is 0 Å². The summed E-state index contributed by atoms with van der Waals surface area (Å²) in [6.45, 7) is -0.397. The Morgan fingerprint density at radius 3 is 2.53 bits per heavy atom. The molecule has 1 amide bonds. The molecule has 1 aliphatic carbocycles. The van der Waals surface area contributed by atoms with E-state index in [0.29, 0.717) is 41.4 Å². The van der Waals surface area contributed by atoms with Gasteiger partial charge in [-0.05, 0) is 25.0 Å². The molecule has 1 saturated carbocycles. The Bertz CT molecular complexity index is 1460. The van der Waals surface area contributed by atoms with Crippen molar-refractivity contribution in [2.24, 2.45) is 7.05 Å². The molecule has 0 radical (unpaired) electrons. The van der Waals surface area contributed by atoms with Crippen molar-refractivity contribution < 1.29 is 26.7 Å². The summed E-state index contributed by atoms with van der Waals surface area (Å²) in [5, 5.41) is 5.13. The number of pyridine rings is 2. The van der Waals surface area contributed by atoms with Gasteiger partial charge >= 0.3 is 6.18 Å². The Balaban J connectivity index is 1.55. The van der Waals surface area contributed by atoms with Crippen molar-refractivity contribution in [1.29, 1.82) is 0 Å². The number of benzene rings is 1. The molecule has 34 heavy (non-hydrogen) atoms. The fourth-order valence-electron chi connectivity index (χ4n) is 3.95. The Labute approximate surface area is 189 Å². The first-order valence-corrected chi connectivity index (χ1v) is 10.3. The Morgan fingerprint density at radius 1 is 1.15 bits per heavy atom. The first-order chi connectivity index (χ1) is 16.0. The van der Waals surface area contributed by atoms with Crippen LogP contribution >= 0.6 is 0 Å². The molecule has 4 aromatic rings. The van der Waals surface area contributed by atoms with Crippen LogP contribution in [0.4, 0.5) is 27.8 Å². The predicted octanol–water partition coefficient (Wildman–Crippen LogP) is 4.20. The molecule has 0 bridgehead atoms. The van der Waals surface area contributed by atoms with Gasteiger partial charge in [-0.15, -0.1) is 0 Å². The van der Waals surface area contributed by atoms with Crippen LogP contribution in [0.2, 0.25) is 0 Å². The molecule has 0 unspecified atom stereocenters. The molecule has 0 spiro atoms. The van der Waals surface area contributed by atoms with E-state index in [2.05, 4.69) is 15.1 Å². The molecule has 0 aliphatic heterocycles. The maximum Gasteiger partial charge on any atom is 0.417 e. The van der Waals surface area contributed by atoms with Gasteiger partial charge in [-0.1, -0.05) is 0 Å². The number of carbonyl (C=O) groups is 1. The van der Waals surface area contributed by atoms with Gasteiger partial charge in [0.2, 0.25) is 0 Å². The third-order valence-electron chi connectivity index (χ3n) is 5.84. The number of fused-ring (bicyclic) bond motifs is 3.